The van der Waals surface area contributed by atoms with Gasteiger partial charge in [0.25, 0.3) is 5.91 Å². The summed E-state index contributed by atoms with van der Waals surface area (Å²) >= 11 is 0. The van der Waals surface area contributed by atoms with Crippen LogP contribution in [0.5, 0.6) is 0 Å². The van der Waals surface area contributed by atoms with E-state index in [0.29, 0.717) is 17.5 Å². The van der Waals surface area contributed by atoms with Gasteiger partial charge in [0, 0.05) is 23.5 Å². The fourth-order valence-electron chi connectivity index (χ4n) is 3.19. The Kier molecular flexibility index (Phi) is 5.24. The van der Waals surface area contributed by atoms with Gasteiger partial charge < -0.3 is 10.6 Å². The molecule has 1 aliphatic carbocycles. The number of amides is 1. The summed E-state index contributed by atoms with van der Waals surface area (Å²) in [6.45, 7) is 5.30. The predicted molar refractivity (Wildman–Crippen MR) is 113 cm³/mol. The normalized spacial score (nSPS) is 13.7. The average molecular weight is 374 g/mol. The zero-order valence-corrected chi connectivity index (χ0v) is 16.4. The Balaban J connectivity index is 1.62. The van der Waals surface area contributed by atoms with Crippen molar-refractivity contribution in [2.75, 3.05) is 11.9 Å². The van der Waals surface area contributed by atoms with Gasteiger partial charge in [-0.05, 0) is 60.6 Å². The van der Waals surface area contributed by atoms with Crippen LogP contribution in [0.15, 0.2) is 48.8 Å². The van der Waals surface area contributed by atoms with Crippen LogP contribution in [0.1, 0.15) is 43.5 Å². The van der Waals surface area contributed by atoms with Gasteiger partial charge in [0.05, 0.1) is 5.52 Å². The van der Waals surface area contributed by atoms with E-state index < -0.39 is 0 Å². The summed E-state index contributed by atoms with van der Waals surface area (Å²) in [5.41, 5.74) is 3.68. The fraction of sp³-hybridized carbons (Fsp3) is 0.348. The van der Waals surface area contributed by atoms with E-state index in [-0.39, 0.29) is 5.91 Å². The summed E-state index contributed by atoms with van der Waals surface area (Å²) in [4.78, 5) is 21.2. The summed E-state index contributed by atoms with van der Waals surface area (Å²) in [6.07, 6.45) is 4.86. The first kappa shape index (κ1) is 18.4. The minimum Gasteiger partial charge on any atom is -0.369 e. The van der Waals surface area contributed by atoms with Crippen molar-refractivity contribution in [2.24, 2.45) is 5.92 Å². The van der Waals surface area contributed by atoms with Crippen molar-refractivity contribution in [1.82, 2.24) is 15.3 Å². The Bertz CT molecular complexity index is 995. The van der Waals surface area contributed by atoms with Crippen LogP contribution in [0.4, 0.5) is 5.82 Å². The van der Waals surface area contributed by atoms with E-state index in [4.69, 9.17) is 0 Å². The molecule has 5 heteroatoms. The molecular weight excluding hydrogens is 348 g/mol. The zero-order chi connectivity index (χ0) is 19.5. The standard InChI is InChI=1S/C23H26N4O/c1-15(2)10-11-24-22-20-13-17(6-9-21(20)25-14-26-22)16-4-3-5-18(12-16)23(28)27-19-7-8-19/h3-6,9,12-15,19H,7-8,10-11H2,1-2H3,(H,27,28)(H,24,25,26). The van der Waals surface area contributed by atoms with Gasteiger partial charge in [0.15, 0.2) is 0 Å². The number of benzene rings is 2. The Hall–Kier alpha value is -2.95. The Morgan fingerprint density at radius 2 is 1.93 bits per heavy atom. The first-order valence-electron chi connectivity index (χ1n) is 10.00. The Morgan fingerprint density at radius 1 is 1.11 bits per heavy atom. The third-order valence-electron chi connectivity index (χ3n) is 5.02. The predicted octanol–water partition coefficient (Wildman–Crippen LogP) is 4.65. The molecule has 1 saturated carbocycles. The van der Waals surface area contributed by atoms with Crippen LogP contribution in [-0.4, -0.2) is 28.5 Å². The molecule has 5 nitrogen and oxygen atoms in total. The maximum Gasteiger partial charge on any atom is 0.251 e. The molecule has 1 aromatic heterocycles. The maximum absolute atomic E-state index is 12.4. The number of fused-ring (bicyclic) bond motifs is 1. The molecule has 0 bridgehead atoms. The highest BCUT2D eigenvalue weighted by Gasteiger charge is 2.23. The lowest BCUT2D eigenvalue weighted by Crippen LogP contribution is -2.25. The first-order chi connectivity index (χ1) is 13.6. The summed E-state index contributed by atoms with van der Waals surface area (Å²) in [5, 5.41) is 7.49. The van der Waals surface area contributed by atoms with E-state index in [9.17, 15) is 4.79 Å². The number of hydrogen-bond donors (Lipinski definition) is 2. The molecule has 2 aromatic carbocycles. The smallest absolute Gasteiger partial charge is 0.251 e. The van der Waals surface area contributed by atoms with Crippen LogP contribution in [0.25, 0.3) is 22.0 Å². The lowest BCUT2D eigenvalue weighted by Gasteiger charge is -2.11. The monoisotopic (exact) mass is 374 g/mol. The van der Waals surface area contributed by atoms with Crippen molar-refractivity contribution in [1.29, 1.82) is 0 Å². The number of hydrogen-bond acceptors (Lipinski definition) is 4. The van der Waals surface area contributed by atoms with Crippen LogP contribution in [0.2, 0.25) is 0 Å². The summed E-state index contributed by atoms with van der Waals surface area (Å²) in [5.74, 6) is 1.50. The van der Waals surface area contributed by atoms with Crippen molar-refractivity contribution in [2.45, 2.75) is 39.2 Å². The van der Waals surface area contributed by atoms with Crippen molar-refractivity contribution in [3.05, 3.63) is 54.4 Å². The largest absolute Gasteiger partial charge is 0.369 e. The second kappa shape index (κ2) is 7.97. The molecule has 0 aliphatic heterocycles. The third-order valence-corrected chi connectivity index (χ3v) is 5.02. The molecule has 1 aliphatic rings. The van der Waals surface area contributed by atoms with Gasteiger partial charge in [-0.1, -0.05) is 32.0 Å². The van der Waals surface area contributed by atoms with Gasteiger partial charge in [-0.2, -0.15) is 0 Å². The van der Waals surface area contributed by atoms with Crippen molar-refractivity contribution >= 4 is 22.6 Å². The lowest BCUT2D eigenvalue weighted by atomic mass is 10.0. The number of rotatable bonds is 7. The SMILES string of the molecule is CC(C)CCNc1ncnc2ccc(-c3cccc(C(=O)NC4CC4)c3)cc12. The van der Waals surface area contributed by atoms with Gasteiger partial charge in [0.1, 0.15) is 12.1 Å². The molecule has 0 spiro atoms. The first-order valence-corrected chi connectivity index (χ1v) is 10.00. The third kappa shape index (κ3) is 4.30. The van der Waals surface area contributed by atoms with Crippen molar-refractivity contribution in [3.63, 3.8) is 0 Å². The number of nitrogens with zero attached hydrogens (tertiary/aromatic N) is 2. The fourth-order valence-corrected chi connectivity index (χ4v) is 3.19. The van der Waals surface area contributed by atoms with E-state index in [1.807, 2.05) is 36.4 Å². The Morgan fingerprint density at radius 3 is 2.71 bits per heavy atom. The molecular formula is C23H26N4O. The van der Waals surface area contributed by atoms with Crippen LogP contribution in [-0.2, 0) is 0 Å². The number of nitrogens with one attached hydrogen (secondary N) is 2. The molecule has 0 saturated heterocycles. The molecule has 0 atom stereocenters. The van der Waals surface area contributed by atoms with E-state index in [1.165, 1.54) is 0 Å². The van der Waals surface area contributed by atoms with E-state index >= 15 is 0 Å². The van der Waals surface area contributed by atoms with Gasteiger partial charge in [-0.3, -0.25) is 4.79 Å². The quantitative estimate of drug-likeness (QED) is 0.632. The maximum atomic E-state index is 12.4. The van der Waals surface area contributed by atoms with E-state index in [1.54, 1.807) is 6.33 Å². The molecule has 1 heterocycles. The lowest BCUT2D eigenvalue weighted by molar-refractivity contribution is 0.0951. The van der Waals surface area contributed by atoms with Gasteiger partial charge in [-0.15, -0.1) is 0 Å². The molecule has 2 N–H and O–H groups in total. The second-order valence-electron chi connectivity index (χ2n) is 7.89. The topological polar surface area (TPSA) is 66.9 Å². The molecule has 144 valence electrons. The highest BCUT2D eigenvalue weighted by atomic mass is 16.1. The van der Waals surface area contributed by atoms with Crippen LogP contribution in [0, 0.1) is 5.92 Å². The van der Waals surface area contributed by atoms with Crippen LogP contribution in [0.3, 0.4) is 0 Å². The highest BCUT2D eigenvalue weighted by molar-refractivity contribution is 5.97. The molecule has 1 fully saturated rings. The number of anilines is 1. The molecule has 0 unspecified atom stereocenters. The highest BCUT2D eigenvalue weighted by Crippen LogP contribution is 2.28. The average Bonchev–Trinajstić information content (AvgIpc) is 3.51. The zero-order valence-electron chi connectivity index (χ0n) is 16.4. The van der Waals surface area contributed by atoms with E-state index in [0.717, 1.165) is 53.7 Å². The molecule has 0 radical (unpaired) electrons. The minimum atomic E-state index is 0.00418. The minimum absolute atomic E-state index is 0.00418. The molecule has 3 aromatic rings. The summed E-state index contributed by atoms with van der Waals surface area (Å²) in [7, 11) is 0. The molecule has 1 amide bonds. The van der Waals surface area contributed by atoms with Crippen LogP contribution < -0.4 is 10.6 Å². The van der Waals surface area contributed by atoms with E-state index in [2.05, 4.69) is 40.5 Å². The van der Waals surface area contributed by atoms with Crippen molar-refractivity contribution in [3.8, 4) is 11.1 Å². The second-order valence-corrected chi connectivity index (χ2v) is 7.89. The van der Waals surface area contributed by atoms with Gasteiger partial charge in [-0.25, -0.2) is 9.97 Å². The van der Waals surface area contributed by atoms with Gasteiger partial charge >= 0.3 is 0 Å². The number of aromatic nitrogens is 2. The molecule has 28 heavy (non-hydrogen) atoms. The molecule has 4 rings (SSSR count). The van der Waals surface area contributed by atoms with Crippen molar-refractivity contribution < 1.29 is 4.79 Å². The number of carbonyl (C=O) groups is 1. The summed E-state index contributed by atoms with van der Waals surface area (Å²) < 4.78 is 0. The number of carbonyl (C=O) groups excluding carboxylic acids is 1. The Labute approximate surface area is 165 Å². The van der Waals surface area contributed by atoms with Crippen LogP contribution >= 0.6 is 0 Å². The van der Waals surface area contributed by atoms with Gasteiger partial charge in [0.2, 0.25) is 0 Å². The summed E-state index contributed by atoms with van der Waals surface area (Å²) in [6, 6.07) is 14.3.